The van der Waals surface area contributed by atoms with Crippen LogP contribution >= 0.6 is 15.9 Å². The van der Waals surface area contributed by atoms with Crippen LogP contribution in [0.15, 0.2) is 59.1 Å². The minimum atomic E-state index is -0.623. The fourth-order valence-corrected chi connectivity index (χ4v) is 5.31. The van der Waals surface area contributed by atoms with Crippen molar-refractivity contribution >= 4 is 44.2 Å². The maximum atomic E-state index is 14.0. The van der Waals surface area contributed by atoms with Crippen LogP contribution in [0.2, 0.25) is 0 Å². The van der Waals surface area contributed by atoms with Crippen LogP contribution in [-0.4, -0.2) is 50.3 Å². The number of nitrogens with zero attached hydrogens (tertiary/aromatic N) is 1. The van der Waals surface area contributed by atoms with Crippen LogP contribution in [-0.2, 0) is 27.3 Å². The van der Waals surface area contributed by atoms with Crippen molar-refractivity contribution in [1.82, 2.24) is 10.6 Å². The van der Waals surface area contributed by atoms with Gasteiger partial charge in [-0.1, -0.05) is 46.3 Å². The first-order valence-electron chi connectivity index (χ1n) is 12.2. The van der Waals surface area contributed by atoms with Crippen LogP contribution in [0.4, 0.5) is 5.69 Å². The first kappa shape index (κ1) is 24.7. The molecule has 0 spiro atoms. The highest BCUT2D eigenvalue weighted by Crippen LogP contribution is 2.35. The molecule has 1 fully saturated rings. The number of hydrogen-bond donors (Lipinski definition) is 2. The first-order valence-corrected chi connectivity index (χ1v) is 13.0. The quantitative estimate of drug-likeness (QED) is 0.464. The minimum Gasteiger partial charge on any atom is -0.496 e. The second-order valence-electron chi connectivity index (χ2n) is 9.39. The number of aryl methyl sites for hydroxylation is 1. The van der Waals surface area contributed by atoms with Crippen molar-refractivity contribution < 1.29 is 19.1 Å². The van der Waals surface area contributed by atoms with E-state index in [1.807, 2.05) is 49.4 Å². The zero-order valence-electron chi connectivity index (χ0n) is 20.4. The Bertz CT molecular complexity index is 1290. The van der Waals surface area contributed by atoms with Gasteiger partial charge < -0.3 is 19.7 Å². The van der Waals surface area contributed by atoms with E-state index in [0.717, 1.165) is 37.8 Å². The van der Waals surface area contributed by atoms with E-state index in [4.69, 9.17) is 9.47 Å². The summed E-state index contributed by atoms with van der Waals surface area (Å²) in [5.41, 5.74) is 2.88. The Kier molecular flexibility index (Phi) is 7.27. The van der Waals surface area contributed by atoms with E-state index in [2.05, 4.69) is 38.7 Å². The van der Waals surface area contributed by atoms with Gasteiger partial charge in [-0.3, -0.25) is 14.9 Å². The Morgan fingerprint density at radius 3 is 2.75 bits per heavy atom. The number of halogens is 1. The molecule has 0 aliphatic carbocycles. The van der Waals surface area contributed by atoms with E-state index in [9.17, 15) is 9.59 Å². The molecule has 3 aromatic carbocycles. The van der Waals surface area contributed by atoms with Crippen LogP contribution in [0.5, 0.6) is 5.75 Å². The molecule has 188 valence electrons. The van der Waals surface area contributed by atoms with Gasteiger partial charge in [-0.05, 0) is 60.4 Å². The number of rotatable bonds is 7. The molecule has 5 rings (SSSR count). The number of fused-ring (bicyclic) bond motifs is 2. The Balaban J connectivity index is 1.47. The van der Waals surface area contributed by atoms with E-state index in [0.29, 0.717) is 32.6 Å². The topological polar surface area (TPSA) is 79.9 Å². The lowest BCUT2D eigenvalue weighted by Crippen LogP contribution is -2.57. The molecule has 2 amide bonds. The number of carbonyl (C=O) groups is 2. The molecule has 0 radical (unpaired) electrons. The molecule has 0 bridgehead atoms. The molecule has 0 aromatic heterocycles. The van der Waals surface area contributed by atoms with Crippen LogP contribution < -0.4 is 20.3 Å². The van der Waals surface area contributed by atoms with Crippen molar-refractivity contribution in [2.75, 3.05) is 25.2 Å². The molecule has 2 atom stereocenters. The second kappa shape index (κ2) is 10.6. The largest absolute Gasteiger partial charge is 0.496 e. The summed E-state index contributed by atoms with van der Waals surface area (Å²) in [5, 5.41) is 8.35. The molecule has 2 N–H and O–H groups in total. The Hall–Kier alpha value is -2.94. The summed E-state index contributed by atoms with van der Waals surface area (Å²) in [7, 11) is 1.65. The third-order valence-corrected chi connectivity index (χ3v) is 7.46. The summed E-state index contributed by atoms with van der Waals surface area (Å²) < 4.78 is 11.9. The highest BCUT2D eigenvalue weighted by Gasteiger charge is 2.33. The fourth-order valence-electron chi connectivity index (χ4n) is 4.93. The van der Waals surface area contributed by atoms with Crippen molar-refractivity contribution in [3.8, 4) is 5.75 Å². The number of para-hydroxylation sites is 1. The minimum absolute atomic E-state index is 0.122. The summed E-state index contributed by atoms with van der Waals surface area (Å²) in [6, 6.07) is 17.2. The molecule has 8 heteroatoms. The van der Waals surface area contributed by atoms with Gasteiger partial charge in [-0.15, -0.1) is 0 Å². The van der Waals surface area contributed by atoms with Gasteiger partial charge in [-0.25, -0.2) is 0 Å². The zero-order valence-corrected chi connectivity index (χ0v) is 22.0. The summed E-state index contributed by atoms with van der Waals surface area (Å²) in [6.07, 6.45) is 1.23. The Morgan fingerprint density at radius 2 is 2.00 bits per heavy atom. The number of nitrogens with one attached hydrogen (secondary N) is 2. The molecule has 0 unspecified atom stereocenters. The van der Waals surface area contributed by atoms with E-state index in [1.54, 1.807) is 12.0 Å². The lowest BCUT2D eigenvalue weighted by atomic mass is 10.0. The van der Waals surface area contributed by atoms with Gasteiger partial charge in [0.15, 0.2) is 0 Å². The SMILES string of the molecule is COc1ccc2cc(Br)ccc2c1CN1C(=O)[C@@H](NC(=O)[C@H](C)NC2COC2)CCc2ccccc21. The van der Waals surface area contributed by atoms with Crippen molar-refractivity contribution in [2.45, 2.75) is 44.4 Å². The van der Waals surface area contributed by atoms with Crippen molar-refractivity contribution in [1.29, 1.82) is 0 Å². The van der Waals surface area contributed by atoms with Crippen LogP contribution in [0.1, 0.15) is 24.5 Å². The van der Waals surface area contributed by atoms with E-state index in [1.165, 1.54) is 0 Å². The third kappa shape index (κ3) is 4.98. The van der Waals surface area contributed by atoms with E-state index < -0.39 is 12.1 Å². The molecular weight excluding hydrogens is 522 g/mol. The molecule has 3 aromatic rings. The van der Waals surface area contributed by atoms with Gasteiger partial charge >= 0.3 is 0 Å². The van der Waals surface area contributed by atoms with Gasteiger partial charge in [-0.2, -0.15) is 0 Å². The maximum absolute atomic E-state index is 14.0. The van der Waals surface area contributed by atoms with Gasteiger partial charge in [0.2, 0.25) is 11.8 Å². The normalized spacial score (nSPS) is 18.8. The Labute approximate surface area is 219 Å². The molecule has 0 saturated carbocycles. The average molecular weight is 552 g/mol. The molecule has 2 aliphatic heterocycles. The van der Waals surface area contributed by atoms with Gasteiger partial charge in [0.25, 0.3) is 0 Å². The monoisotopic (exact) mass is 551 g/mol. The van der Waals surface area contributed by atoms with Crippen LogP contribution in [0, 0.1) is 0 Å². The summed E-state index contributed by atoms with van der Waals surface area (Å²) in [5.74, 6) is 0.419. The standard InChI is InChI=1S/C28H30BrN3O4/c1-17(30-21-15-36-16-21)27(33)31-24-11-7-18-5-3-4-6-25(18)32(28(24)34)14-23-22-10-9-20(29)13-19(22)8-12-26(23)35-2/h3-6,8-10,12-13,17,21,24,30H,7,11,14-16H2,1-2H3,(H,31,33)/t17-,24-/m0/s1. The number of carbonyl (C=O) groups excluding carboxylic acids is 2. The van der Waals surface area contributed by atoms with Gasteiger partial charge in [0.1, 0.15) is 11.8 Å². The number of hydrogen-bond acceptors (Lipinski definition) is 5. The maximum Gasteiger partial charge on any atom is 0.249 e. The summed E-state index contributed by atoms with van der Waals surface area (Å²) >= 11 is 3.55. The highest BCUT2D eigenvalue weighted by molar-refractivity contribution is 9.10. The highest BCUT2D eigenvalue weighted by atomic mass is 79.9. The number of anilines is 1. The average Bonchev–Trinajstić information content (AvgIpc) is 2.98. The zero-order chi connectivity index (χ0) is 25.2. The molecule has 7 nitrogen and oxygen atoms in total. The predicted molar refractivity (Wildman–Crippen MR) is 143 cm³/mol. The molecule has 36 heavy (non-hydrogen) atoms. The number of ether oxygens (including phenoxy) is 2. The smallest absolute Gasteiger partial charge is 0.249 e. The summed E-state index contributed by atoms with van der Waals surface area (Å²) in [6.45, 7) is 3.36. The van der Waals surface area contributed by atoms with E-state index >= 15 is 0 Å². The molecule has 1 saturated heterocycles. The predicted octanol–water partition coefficient (Wildman–Crippen LogP) is 3.95. The van der Waals surface area contributed by atoms with Crippen molar-refractivity contribution in [3.05, 3.63) is 70.2 Å². The summed E-state index contributed by atoms with van der Waals surface area (Å²) in [4.78, 5) is 28.7. The molecule has 2 aliphatic rings. The lowest BCUT2D eigenvalue weighted by Gasteiger charge is -2.31. The lowest BCUT2D eigenvalue weighted by molar-refractivity contribution is -0.129. The number of methoxy groups -OCH3 is 1. The Morgan fingerprint density at radius 1 is 1.19 bits per heavy atom. The number of benzene rings is 3. The van der Waals surface area contributed by atoms with Crippen molar-refractivity contribution in [3.63, 3.8) is 0 Å². The fraction of sp³-hybridized carbons (Fsp3) is 0.357. The molecule has 2 heterocycles. The van der Waals surface area contributed by atoms with Crippen LogP contribution in [0.25, 0.3) is 10.8 Å². The van der Waals surface area contributed by atoms with E-state index in [-0.39, 0.29) is 17.9 Å². The van der Waals surface area contributed by atoms with Gasteiger partial charge in [0.05, 0.1) is 39.0 Å². The van der Waals surface area contributed by atoms with Gasteiger partial charge in [0, 0.05) is 15.7 Å². The third-order valence-electron chi connectivity index (χ3n) is 6.97. The number of amides is 2. The van der Waals surface area contributed by atoms with Crippen molar-refractivity contribution in [2.24, 2.45) is 0 Å². The second-order valence-corrected chi connectivity index (χ2v) is 10.3. The molecular formula is C28H30BrN3O4. The first-order chi connectivity index (χ1) is 17.4. The van der Waals surface area contributed by atoms with Crippen LogP contribution in [0.3, 0.4) is 0 Å².